The second kappa shape index (κ2) is 9.61. The molecule has 0 saturated carbocycles. The van der Waals surface area contributed by atoms with Gasteiger partial charge in [0.05, 0.1) is 5.69 Å². The first-order valence-electron chi connectivity index (χ1n) is 10.5. The Balaban J connectivity index is 1.27. The minimum Gasteiger partial charge on any atom is -0.492 e. The van der Waals surface area contributed by atoms with Crippen molar-refractivity contribution in [3.8, 4) is 5.75 Å². The highest BCUT2D eigenvalue weighted by atomic mass is 16.5. The van der Waals surface area contributed by atoms with Crippen LogP contribution in [-0.2, 0) is 9.59 Å². The molecule has 0 radical (unpaired) electrons. The summed E-state index contributed by atoms with van der Waals surface area (Å²) in [6.45, 7) is 6.14. The normalized spacial score (nSPS) is 17.2. The SMILES string of the molecule is Cc1ccc(N2NC(C(=O)N3CCN(CCOc4ccccc4)CC3)=NCC2=O)cc1. The third kappa shape index (κ3) is 5.21. The molecule has 0 aromatic heterocycles. The number of carbonyl (C=O) groups is 2. The fourth-order valence-electron chi connectivity index (χ4n) is 3.57. The van der Waals surface area contributed by atoms with E-state index in [1.165, 1.54) is 5.01 Å². The number of hydrogen-bond acceptors (Lipinski definition) is 6. The van der Waals surface area contributed by atoms with E-state index in [4.69, 9.17) is 4.74 Å². The van der Waals surface area contributed by atoms with Crippen molar-refractivity contribution in [1.29, 1.82) is 0 Å². The molecule has 1 fully saturated rings. The summed E-state index contributed by atoms with van der Waals surface area (Å²) in [5.74, 6) is 0.708. The third-order valence-electron chi connectivity index (χ3n) is 5.41. The predicted octanol–water partition coefficient (Wildman–Crippen LogP) is 1.47. The molecule has 2 aliphatic heterocycles. The number of amides is 2. The molecule has 1 saturated heterocycles. The monoisotopic (exact) mass is 421 g/mol. The van der Waals surface area contributed by atoms with Gasteiger partial charge in [0.15, 0.2) is 0 Å². The molecule has 8 nitrogen and oxygen atoms in total. The second-order valence-electron chi connectivity index (χ2n) is 7.64. The Kier molecular flexibility index (Phi) is 6.47. The van der Waals surface area contributed by atoms with E-state index in [1.807, 2.05) is 61.5 Å². The van der Waals surface area contributed by atoms with Crippen LogP contribution in [-0.4, -0.2) is 73.3 Å². The molecule has 8 heteroatoms. The third-order valence-corrected chi connectivity index (χ3v) is 5.41. The van der Waals surface area contributed by atoms with Gasteiger partial charge in [-0.1, -0.05) is 35.9 Å². The van der Waals surface area contributed by atoms with E-state index in [0.29, 0.717) is 25.4 Å². The van der Waals surface area contributed by atoms with Gasteiger partial charge < -0.3 is 9.64 Å². The van der Waals surface area contributed by atoms with Gasteiger partial charge in [0.2, 0.25) is 5.84 Å². The lowest BCUT2D eigenvalue weighted by molar-refractivity contribution is -0.126. The number of anilines is 1. The summed E-state index contributed by atoms with van der Waals surface area (Å²) >= 11 is 0. The number of carbonyl (C=O) groups excluding carboxylic acids is 2. The molecule has 1 N–H and O–H groups in total. The molecule has 0 aliphatic carbocycles. The van der Waals surface area contributed by atoms with Crippen LogP contribution in [0.4, 0.5) is 5.69 Å². The van der Waals surface area contributed by atoms with Gasteiger partial charge in [-0.05, 0) is 31.2 Å². The number of hydrogen-bond donors (Lipinski definition) is 1. The van der Waals surface area contributed by atoms with Crippen LogP contribution in [0.2, 0.25) is 0 Å². The number of hydrazine groups is 1. The zero-order valence-electron chi connectivity index (χ0n) is 17.7. The minimum absolute atomic E-state index is 0.0429. The highest BCUT2D eigenvalue weighted by molar-refractivity contribution is 6.39. The fraction of sp³-hybridized carbons (Fsp3) is 0.348. The number of ether oxygens (including phenoxy) is 1. The van der Waals surface area contributed by atoms with Crippen molar-refractivity contribution in [2.24, 2.45) is 4.99 Å². The molecule has 2 aliphatic rings. The maximum Gasteiger partial charge on any atom is 0.290 e. The smallest absolute Gasteiger partial charge is 0.290 e. The first-order chi connectivity index (χ1) is 15.1. The molecule has 2 amide bonds. The lowest BCUT2D eigenvalue weighted by Gasteiger charge is -2.36. The Hall–Kier alpha value is -3.39. The molecule has 0 atom stereocenters. The molecule has 31 heavy (non-hydrogen) atoms. The van der Waals surface area contributed by atoms with Gasteiger partial charge in [-0.15, -0.1) is 0 Å². The molecule has 2 aromatic carbocycles. The average molecular weight is 422 g/mol. The molecule has 4 rings (SSSR count). The average Bonchev–Trinajstić information content (AvgIpc) is 2.81. The zero-order chi connectivity index (χ0) is 21.6. The Morgan fingerprint density at radius 2 is 1.74 bits per heavy atom. The van der Waals surface area contributed by atoms with Crippen molar-refractivity contribution in [3.05, 3.63) is 60.2 Å². The fourth-order valence-corrected chi connectivity index (χ4v) is 3.57. The quantitative estimate of drug-likeness (QED) is 0.764. The lowest BCUT2D eigenvalue weighted by atomic mass is 10.2. The van der Waals surface area contributed by atoms with E-state index >= 15 is 0 Å². The molecule has 0 bridgehead atoms. The molecule has 0 spiro atoms. The molecular weight excluding hydrogens is 394 g/mol. The summed E-state index contributed by atoms with van der Waals surface area (Å²) in [7, 11) is 0. The van der Waals surface area contributed by atoms with Crippen molar-refractivity contribution in [3.63, 3.8) is 0 Å². The van der Waals surface area contributed by atoms with Gasteiger partial charge in [-0.2, -0.15) is 0 Å². The number of amidine groups is 1. The van der Waals surface area contributed by atoms with Crippen LogP contribution < -0.4 is 15.2 Å². The first-order valence-corrected chi connectivity index (χ1v) is 10.5. The first kappa shape index (κ1) is 20.9. The topological polar surface area (TPSA) is 77.5 Å². The zero-order valence-corrected chi connectivity index (χ0v) is 17.7. The summed E-state index contributed by atoms with van der Waals surface area (Å²) in [5, 5.41) is 1.40. The molecule has 162 valence electrons. The lowest BCUT2D eigenvalue weighted by Crippen LogP contribution is -2.59. The van der Waals surface area contributed by atoms with Gasteiger partial charge >= 0.3 is 0 Å². The Morgan fingerprint density at radius 3 is 2.45 bits per heavy atom. The van der Waals surface area contributed by atoms with Crippen molar-refractivity contribution in [2.45, 2.75) is 6.92 Å². The van der Waals surface area contributed by atoms with Crippen LogP contribution in [0.1, 0.15) is 5.56 Å². The largest absolute Gasteiger partial charge is 0.492 e. The Morgan fingerprint density at radius 1 is 1.03 bits per heavy atom. The predicted molar refractivity (Wildman–Crippen MR) is 119 cm³/mol. The summed E-state index contributed by atoms with van der Waals surface area (Å²) < 4.78 is 5.76. The summed E-state index contributed by atoms with van der Waals surface area (Å²) in [5.41, 5.74) is 4.70. The molecule has 0 unspecified atom stereocenters. The van der Waals surface area contributed by atoms with E-state index < -0.39 is 0 Å². The minimum atomic E-state index is -0.191. The van der Waals surface area contributed by atoms with E-state index in [0.717, 1.165) is 30.9 Å². The van der Waals surface area contributed by atoms with Gasteiger partial charge in [0, 0.05) is 32.7 Å². The standard InChI is InChI=1S/C23H27N5O3/c1-18-7-9-19(10-8-18)28-21(29)17-24-22(25-28)23(30)27-13-11-26(12-14-27)15-16-31-20-5-3-2-4-6-20/h2-10H,11-17H2,1H3,(H,24,25). The van der Waals surface area contributed by atoms with Crippen LogP contribution in [0.25, 0.3) is 0 Å². The van der Waals surface area contributed by atoms with Gasteiger partial charge in [0.25, 0.3) is 11.8 Å². The number of aryl methyl sites for hydroxylation is 1. The van der Waals surface area contributed by atoms with Crippen LogP contribution in [0, 0.1) is 6.92 Å². The van der Waals surface area contributed by atoms with Crippen molar-refractivity contribution < 1.29 is 14.3 Å². The number of benzene rings is 2. The van der Waals surface area contributed by atoms with Crippen molar-refractivity contribution in [2.75, 3.05) is 50.9 Å². The maximum absolute atomic E-state index is 12.9. The summed E-state index contributed by atoms with van der Waals surface area (Å²) in [6, 6.07) is 17.3. The number of para-hydroxylation sites is 1. The van der Waals surface area contributed by atoms with Gasteiger partial charge in [-0.25, -0.2) is 5.01 Å². The van der Waals surface area contributed by atoms with Gasteiger partial charge in [-0.3, -0.25) is 24.9 Å². The highest BCUT2D eigenvalue weighted by Gasteiger charge is 2.30. The van der Waals surface area contributed by atoms with E-state index in [1.54, 1.807) is 4.90 Å². The summed E-state index contributed by atoms with van der Waals surface area (Å²) in [4.78, 5) is 33.5. The molecule has 2 aromatic rings. The number of piperazine rings is 1. The number of rotatable bonds is 6. The maximum atomic E-state index is 12.9. The highest BCUT2D eigenvalue weighted by Crippen LogP contribution is 2.16. The van der Waals surface area contributed by atoms with E-state index in [9.17, 15) is 9.59 Å². The Bertz CT molecular complexity index is 937. The van der Waals surface area contributed by atoms with Crippen LogP contribution in [0.15, 0.2) is 59.6 Å². The number of nitrogens with zero attached hydrogens (tertiary/aromatic N) is 4. The number of aliphatic imine (C=N–C) groups is 1. The second-order valence-corrected chi connectivity index (χ2v) is 7.64. The van der Waals surface area contributed by atoms with Gasteiger partial charge in [0.1, 0.15) is 18.9 Å². The van der Waals surface area contributed by atoms with E-state index in [-0.39, 0.29) is 24.2 Å². The van der Waals surface area contributed by atoms with Crippen molar-refractivity contribution in [1.82, 2.24) is 15.2 Å². The number of nitrogens with one attached hydrogen (secondary N) is 1. The molecular formula is C23H27N5O3. The van der Waals surface area contributed by atoms with Crippen molar-refractivity contribution >= 4 is 23.3 Å². The van der Waals surface area contributed by atoms with Crippen LogP contribution in [0.5, 0.6) is 5.75 Å². The van der Waals surface area contributed by atoms with Crippen LogP contribution >= 0.6 is 0 Å². The van der Waals surface area contributed by atoms with Crippen LogP contribution in [0.3, 0.4) is 0 Å². The Labute approximate surface area is 182 Å². The summed E-state index contributed by atoms with van der Waals surface area (Å²) in [6.07, 6.45) is 0. The van der Waals surface area contributed by atoms with E-state index in [2.05, 4.69) is 15.3 Å². The molecule has 2 heterocycles.